The zero-order chi connectivity index (χ0) is 22.3. The van der Waals surface area contributed by atoms with Gasteiger partial charge in [0.25, 0.3) is 0 Å². The van der Waals surface area contributed by atoms with Crippen molar-refractivity contribution < 1.29 is 14.3 Å². The van der Waals surface area contributed by atoms with Gasteiger partial charge in [-0.25, -0.2) is 4.98 Å². The van der Waals surface area contributed by atoms with Gasteiger partial charge in [-0.1, -0.05) is 23.2 Å². The number of Topliss-reactive ketones (excluding diaryl/α,β-unsaturated/α-hetero) is 1. The SMILES string of the molecule is O=C(Cc1cc(-c2cc(NCC3CCOCC3)cnc2Cl)c(Cl)cn1)C1CNCCOC1. The summed E-state index contributed by atoms with van der Waals surface area (Å²) < 4.78 is 10.9. The molecule has 4 heterocycles. The van der Waals surface area contributed by atoms with E-state index < -0.39 is 0 Å². The van der Waals surface area contributed by atoms with Crippen molar-refractivity contribution in [3.63, 3.8) is 0 Å². The number of carbonyl (C=O) groups is 1. The van der Waals surface area contributed by atoms with Crippen LogP contribution in [-0.2, 0) is 20.7 Å². The molecule has 2 fully saturated rings. The molecule has 1 unspecified atom stereocenters. The van der Waals surface area contributed by atoms with E-state index in [0.717, 1.165) is 44.8 Å². The van der Waals surface area contributed by atoms with E-state index in [1.165, 1.54) is 0 Å². The summed E-state index contributed by atoms with van der Waals surface area (Å²) in [5, 5.41) is 7.51. The maximum atomic E-state index is 12.8. The number of ketones is 1. The molecule has 0 aromatic carbocycles. The van der Waals surface area contributed by atoms with Gasteiger partial charge in [0.15, 0.2) is 0 Å². The molecule has 2 aliphatic rings. The van der Waals surface area contributed by atoms with E-state index in [1.54, 1.807) is 12.4 Å². The molecule has 0 spiro atoms. The van der Waals surface area contributed by atoms with E-state index >= 15 is 0 Å². The van der Waals surface area contributed by atoms with Crippen molar-refractivity contribution in [2.24, 2.45) is 11.8 Å². The van der Waals surface area contributed by atoms with Crippen LogP contribution in [0.1, 0.15) is 18.5 Å². The van der Waals surface area contributed by atoms with Crippen LogP contribution in [-0.4, -0.2) is 61.8 Å². The fourth-order valence-corrected chi connectivity index (χ4v) is 4.38. The Bertz CT molecular complexity index is 929. The van der Waals surface area contributed by atoms with Crippen molar-refractivity contribution in [2.75, 3.05) is 51.4 Å². The van der Waals surface area contributed by atoms with Crippen LogP contribution in [0.25, 0.3) is 11.1 Å². The molecule has 2 N–H and O–H groups in total. The van der Waals surface area contributed by atoms with E-state index in [0.29, 0.717) is 52.7 Å². The van der Waals surface area contributed by atoms with E-state index in [4.69, 9.17) is 32.7 Å². The Hall–Kier alpha value is -1.77. The molecule has 1 atom stereocenters. The lowest BCUT2D eigenvalue weighted by Gasteiger charge is -2.22. The average molecular weight is 479 g/mol. The minimum Gasteiger partial charge on any atom is -0.384 e. The molecule has 172 valence electrons. The molecule has 4 rings (SSSR count). The van der Waals surface area contributed by atoms with Crippen LogP contribution >= 0.6 is 23.2 Å². The lowest BCUT2D eigenvalue weighted by molar-refractivity contribution is -0.123. The zero-order valence-electron chi connectivity index (χ0n) is 17.9. The number of nitrogens with zero attached hydrogens (tertiary/aromatic N) is 2. The second-order valence-electron chi connectivity index (χ2n) is 8.27. The second-order valence-corrected chi connectivity index (χ2v) is 9.04. The summed E-state index contributed by atoms with van der Waals surface area (Å²) in [5.41, 5.74) is 2.95. The van der Waals surface area contributed by atoms with Crippen LogP contribution in [0.15, 0.2) is 24.5 Å². The fourth-order valence-electron chi connectivity index (χ4n) is 3.97. The molecule has 0 aliphatic carbocycles. The second kappa shape index (κ2) is 11.4. The predicted molar refractivity (Wildman–Crippen MR) is 125 cm³/mol. The molecule has 0 amide bonds. The number of pyridine rings is 2. The Morgan fingerprint density at radius 3 is 2.78 bits per heavy atom. The molecule has 0 bridgehead atoms. The van der Waals surface area contributed by atoms with Gasteiger partial charge in [-0.2, -0.15) is 0 Å². The van der Waals surface area contributed by atoms with E-state index in [1.807, 2.05) is 12.1 Å². The van der Waals surface area contributed by atoms with Crippen LogP contribution in [0.2, 0.25) is 10.2 Å². The first-order chi connectivity index (χ1) is 15.6. The van der Waals surface area contributed by atoms with E-state index in [2.05, 4.69) is 20.6 Å². The van der Waals surface area contributed by atoms with Gasteiger partial charge < -0.3 is 20.1 Å². The summed E-state index contributed by atoms with van der Waals surface area (Å²) in [6, 6.07) is 3.78. The van der Waals surface area contributed by atoms with E-state index in [-0.39, 0.29) is 18.1 Å². The smallest absolute Gasteiger partial charge is 0.145 e. The number of anilines is 1. The van der Waals surface area contributed by atoms with Crippen molar-refractivity contribution in [1.29, 1.82) is 0 Å². The van der Waals surface area contributed by atoms with E-state index in [9.17, 15) is 4.79 Å². The third kappa shape index (κ3) is 6.17. The van der Waals surface area contributed by atoms with Gasteiger partial charge in [0.1, 0.15) is 10.9 Å². The largest absolute Gasteiger partial charge is 0.384 e. The summed E-state index contributed by atoms with van der Waals surface area (Å²) in [6.45, 7) is 4.92. The highest BCUT2D eigenvalue weighted by atomic mass is 35.5. The molecule has 9 heteroatoms. The monoisotopic (exact) mass is 478 g/mol. The summed E-state index contributed by atoms with van der Waals surface area (Å²) >= 11 is 12.9. The number of ether oxygens (including phenoxy) is 2. The number of aromatic nitrogens is 2. The first-order valence-electron chi connectivity index (χ1n) is 11.0. The molecule has 2 saturated heterocycles. The Labute approximate surface area is 198 Å². The van der Waals surface area contributed by atoms with Crippen molar-refractivity contribution >= 4 is 34.7 Å². The topological polar surface area (TPSA) is 85.4 Å². The van der Waals surface area contributed by atoms with Gasteiger partial charge in [0, 0.05) is 62.3 Å². The first kappa shape index (κ1) is 23.4. The van der Waals surface area contributed by atoms with Gasteiger partial charge in [-0.3, -0.25) is 9.78 Å². The van der Waals surface area contributed by atoms with Crippen LogP contribution in [0.3, 0.4) is 0 Å². The van der Waals surface area contributed by atoms with Crippen LogP contribution in [0, 0.1) is 11.8 Å². The summed E-state index contributed by atoms with van der Waals surface area (Å²) in [4.78, 5) is 21.5. The Balaban J connectivity index is 1.49. The number of rotatable bonds is 7. The average Bonchev–Trinajstić information content (AvgIpc) is 3.10. The van der Waals surface area contributed by atoms with Crippen LogP contribution < -0.4 is 10.6 Å². The molecular weight excluding hydrogens is 451 g/mol. The molecule has 2 aliphatic heterocycles. The number of nitrogens with one attached hydrogen (secondary N) is 2. The summed E-state index contributed by atoms with van der Waals surface area (Å²) in [5.74, 6) is 0.491. The van der Waals surface area contributed by atoms with Gasteiger partial charge in [-0.05, 0) is 30.9 Å². The molecular formula is C23H28Cl2N4O3. The van der Waals surface area contributed by atoms with Gasteiger partial charge in [-0.15, -0.1) is 0 Å². The fraction of sp³-hybridized carbons (Fsp3) is 0.522. The maximum Gasteiger partial charge on any atom is 0.145 e. The predicted octanol–water partition coefficient (Wildman–Crippen LogP) is 3.64. The molecule has 2 aromatic heterocycles. The van der Waals surface area contributed by atoms with Crippen LogP contribution in [0.4, 0.5) is 5.69 Å². The van der Waals surface area contributed by atoms with Crippen molar-refractivity contribution in [2.45, 2.75) is 19.3 Å². The first-order valence-corrected chi connectivity index (χ1v) is 11.8. The number of hydrogen-bond acceptors (Lipinski definition) is 7. The highest BCUT2D eigenvalue weighted by molar-refractivity contribution is 6.35. The summed E-state index contributed by atoms with van der Waals surface area (Å²) in [7, 11) is 0. The highest BCUT2D eigenvalue weighted by Crippen LogP contribution is 2.34. The number of hydrogen-bond donors (Lipinski definition) is 2. The quantitative estimate of drug-likeness (QED) is 0.587. The highest BCUT2D eigenvalue weighted by Gasteiger charge is 2.22. The lowest BCUT2D eigenvalue weighted by atomic mass is 9.99. The third-order valence-corrected chi connectivity index (χ3v) is 6.52. The Morgan fingerprint density at radius 2 is 1.94 bits per heavy atom. The Kier molecular flexibility index (Phi) is 8.32. The molecule has 0 saturated carbocycles. The van der Waals surface area contributed by atoms with Gasteiger partial charge in [0.2, 0.25) is 0 Å². The van der Waals surface area contributed by atoms with Gasteiger partial charge in [0.05, 0.1) is 36.0 Å². The minimum absolute atomic E-state index is 0.0938. The zero-order valence-corrected chi connectivity index (χ0v) is 19.4. The Morgan fingerprint density at radius 1 is 1.09 bits per heavy atom. The van der Waals surface area contributed by atoms with Crippen molar-refractivity contribution in [3.05, 3.63) is 40.4 Å². The molecule has 7 nitrogen and oxygen atoms in total. The third-order valence-electron chi connectivity index (χ3n) is 5.92. The number of carbonyl (C=O) groups excluding carboxylic acids is 1. The standard InChI is InChI=1S/C23H28Cl2N4O3/c24-21-13-28-17(9-22(30)16-11-26-3-6-32-14-16)7-19(21)20-8-18(12-29-23(20)25)27-10-15-1-4-31-5-2-15/h7-8,12-13,15-16,26-27H,1-6,9-11,14H2. The number of halogens is 2. The van der Waals surface area contributed by atoms with Crippen molar-refractivity contribution in [3.8, 4) is 11.1 Å². The molecule has 0 radical (unpaired) electrons. The molecule has 2 aromatic rings. The summed E-state index contributed by atoms with van der Waals surface area (Å²) in [6.07, 6.45) is 5.61. The lowest BCUT2D eigenvalue weighted by Crippen LogP contribution is -2.30. The van der Waals surface area contributed by atoms with Crippen molar-refractivity contribution in [1.82, 2.24) is 15.3 Å². The normalized spacial score (nSPS) is 20.0. The maximum absolute atomic E-state index is 12.8. The minimum atomic E-state index is -0.179. The van der Waals surface area contributed by atoms with Gasteiger partial charge >= 0.3 is 0 Å². The molecule has 32 heavy (non-hydrogen) atoms. The van der Waals surface area contributed by atoms with Crippen LogP contribution in [0.5, 0.6) is 0 Å².